The Labute approximate surface area is 126 Å². The van der Waals surface area contributed by atoms with Gasteiger partial charge < -0.3 is 15.2 Å². The van der Waals surface area contributed by atoms with E-state index in [-0.39, 0.29) is 23.7 Å². The molecule has 0 aliphatic rings. The normalized spacial score (nSPS) is 10.2. The lowest BCUT2D eigenvalue weighted by Gasteiger charge is -2.10. The Hall–Kier alpha value is -2.93. The smallest absolute Gasteiger partial charge is 0.271 e. The van der Waals surface area contributed by atoms with Gasteiger partial charge in [-0.3, -0.25) is 14.9 Å². The summed E-state index contributed by atoms with van der Waals surface area (Å²) in [5.41, 5.74) is 0.798. The summed E-state index contributed by atoms with van der Waals surface area (Å²) < 4.78 is 5.02. The standard InChI is InChI=1S/C15H14N2O5/c1-22-9-10-4-2-3-5-12(10)15(19)16-13-8-11(17(20)21)6-7-14(13)18/h2-8,18H,9H2,1H3,(H,16,19). The van der Waals surface area contributed by atoms with Crippen LogP contribution >= 0.6 is 0 Å². The molecule has 2 aromatic carbocycles. The molecule has 2 N–H and O–H groups in total. The first-order valence-corrected chi connectivity index (χ1v) is 6.38. The van der Waals surface area contributed by atoms with Crippen LogP contribution in [-0.4, -0.2) is 23.0 Å². The number of phenols is 1. The Morgan fingerprint density at radius 1 is 1.32 bits per heavy atom. The summed E-state index contributed by atoms with van der Waals surface area (Å²) in [7, 11) is 1.51. The van der Waals surface area contributed by atoms with Crippen molar-refractivity contribution in [3.63, 3.8) is 0 Å². The van der Waals surface area contributed by atoms with Gasteiger partial charge in [0, 0.05) is 24.8 Å². The van der Waals surface area contributed by atoms with Gasteiger partial charge in [-0.2, -0.15) is 0 Å². The second-order valence-electron chi connectivity index (χ2n) is 4.50. The molecule has 22 heavy (non-hydrogen) atoms. The fraction of sp³-hybridized carbons (Fsp3) is 0.133. The molecule has 114 valence electrons. The number of amides is 1. The van der Waals surface area contributed by atoms with Crippen molar-refractivity contribution in [1.29, 1.82) is 0 Å². The molecule has 7 nitrogen and oxygen atoms in total. The number of methoxy groups -OCH3 is 1. The predicted molar refractivity (Wildman–Crippen MR) is 79.9 cm³/mol. The number of nitrogens with zero attached hydrogens (tertiary/aromatic N) is 1. The number of nitro benzene ring substituents is 1. The molecular formula is C15H14N2O5. The molecule has 0 radical (unpaired) electrons. The van der Waals surface area contributed by atoms with E-state index < -0.39 is 10.8 Å². The topological polar surface area (TPSA) is 102 Å². The lowest BCUT2D eigenvalue weighted by atomic mass is 10.1. The molecule has 0 aliphatic heterocycles. The van der Waals surface area contributed by atoms with Gasteiger partial charge in [-0.05, 0) is 17.7 Å². The van der Waals surface area contributed by atoms with E-state index in [9.17, 15) is 20.0 Å². The van der Waals surface area contributed by atoms with E-state index in [1.807, 2.05) is 0 Å². The number of rotatable bonds is 5. The number of aromatic hydroxyl groups is 1. The minimum absolute atomic E-state index is 0.0218. The van der Waals surface area contributed by atoms with Gasteiger partial charge in [0.05, 0.1) is 17.2 Å². The highest BCUT2D eigenvalue weighted by Crippen LogP contribution is 2.28. The third kappa shape index (κ3) is 3.39. The highest BCUT2D eigenvalue weighted by Gasteiger charge is 2.15. The zero-order valence-corrected chi connectivity index (χ0v) is 11.8. The van der Waals surface area contributed by atoms with E-state index in [1.54, 1.807) is 24.3 Å². The zero-order valence-electron chi connectivity index (χ0n) is 11.8. The average Bonchev–Trinajstić information content (AvgIpc) is 2.50. The number of carbonyl (C=O) groups excluding carboxylic acids is 1. The predicted octanol–water partition coefficient (Wildman–Crippen LogP) is 2.70. The average molecular weight is 302 g/mol. The van der Waals surface area contributed by atoms with Crippen LogP contribution in [0.3, 0.4) is 0 Å². The van der Waals surface area contributed by atoms with Gasteiger partial charge in [0.2, 0.25) is 0 Å². The van der Waals surface area contributed by atoms with Crippen LogP contribution < -0.4 is 5.32 Å². The SMILES string of the molecule is COCc1ccccc1C(=O)Nc1cc([N+](=O)[O-])ccc1O. The van der Waals surface area contributed by atoms with Crippen molar-refractivity contribution in [3.05, 3.63) is 63.7 Å². The number of hydrogen-bond donors (Lipinski definition) is 2. The highest BCUT2D eigenvalue weighted by atomic mass is 16.6. The van der Waals surface area contributed by atoms with Crippen molar-refractivity contribution in [2.45, 2.75) is 6.61 Å². The van der Waals surface area contributed by atoms with E-state index in [1.165, 1.54) is 7.11 Å². The van der Waals surface area contributed by atoms with Crippen LogP contribution in [0.25, 0.3) is 0 Å². The van der Waals surface area contributed by atoms with Gasteiger partial charge in [-0.25, -0.2) is 0 Å². The van der Waals surface area contributed by atoms with Gasteiger partial charge in [0.15, 0.2) is 0 Å². The molecule has 0 saturated carbocycles. The maximum Gasteiger partial charge on any atom is 0.271 e. The summed E-state index contributed by atoms with van der Waals surface area (Å²) in [6.45, 7) is 0.254. The van der Waals surface area contributed by atoms with Gasteiger partial charge in [-0.1, -0.05) is 18.2 Å². The van der Waals surface area contributed by atoms with Crippen LogP contribution in [0.5, 0.6) is 5.75 Å². The van der Waals surface area contributed by atoms with Gasteiger partial charge >= 0.3 is 0 Å². The van der Waals surface area contributed by atoms with Crippen LogP contribution in [0.4, 0.5) is 11.4 Å². The Morgan fingerprint density at radius 3 is 2.73 bits per heavy atom. The largest absolute Gasteiger partial charge is 0.506 e. The van der Waals surface area contributed by atoms with Gasteiger partial charge in [-0.15, -0.1) is 0 Å². The monoisotopic (exact) mass is 302 g/mol. The first-order chi connectivity index (χ1) is 10.5. The van der Waals surface area contributed by atoms with Crippen LogP contribution in [0.1, 0.15) is 15.9 Å². The van der Waals surface area contributed by atoms with E-state index in [2.05, 4.69) is 5.32 Å². The molecule has 2 rings (SSSR count). The van der Waals surface area contributed by atoms with Gasteiger partial charge in [0.25, 0.3) is 11.6 Å². The minimum atomic E-state index is -0.603. The molecular weight excluding hydrogens is 288 g/mol. The van der Waals surface area contributed by atoms with Gasteiger partial charge in [0.1, 0.15) is 5.75 Å². The number of nitrogens with one attached hydrogen (secondary N) is 1. The number of phenolic OH excluding ortho intramolecular Hbond substituents is 1. The molecule has 0 aromatic heterocycles. The third-order valence-electron chi connectivity index (χ3n) is 3.00. The molecule has 0 unspecified atom stereocenters. The second-order valence-corrected chi connectivity index (χ2v) is 4.50. The van der Waals surface area contributed by atoms with E-state index in [0.29, 0.717) is 11.1 Å². The van der Waals surface area contributed by atoms with Crippen LogP contribution in [-0.2, 0) is 11.3 Å². The number of benzene rings is 2. The van der Waals surface area contributed by atoms with Crippen LogP contribution in [0.15, 0.2) is 42.5 Å². The fourth-order valence-electron chi connectivity index (χ4n) is 1.95. The number of carbonyl (C=O) groups is 1. The number of anilines is 1. The molecule has 7 heteroatoms. The summed E-state index contributed by atoms with van der Waals surface area (Å²) in [6, 6.07) is 10.2. The zero-order chi connectivity index (χ0) is 16.1. The summed E-state index contributed by atoms with van der Waals surface area (Å²) in [4.78, 5) is 22.4. The number of nitro groups is 1. The van der Waals surface area contributed by atoms with Crippen molar-refractivity contribution in [2.75, 3.05) is 12.4 Å². The van der Waals surface area contributed by atoms with Crippen LogP contribution in [0.2, 0.25) is 0 Å². The maximum atomic E-state index is 12.3. The third-order valence-corrected chi connectivity index (χ3v) is 3.00. The first-order valence-electron chi connectivity index (χ1n) is 6.38. The molecule has 0 fully saturated rings. The molecule has 0 saturated heterocycles. The molecule has 0 bridgehead atoms. The fourth-order valence-corrected chi connectivity index (χ4v) is 1.95. The highest BCUT2D eigenvalue weighted by molar-refractivity contribution is 6.06. The number of ether oxygens (including phenoxy) is 1. The van der Waals surface area contributed by atoms with Crippen molar-refractivity contribution < 1.29 is 19.6 Å². The van der Waals surface area contributed by atoms with E-state index >= 15 is 0 Å². The summed E-state index contributed by atoms with van der Waals surface area (Å²) in [5, 5.41) is 22.9. The molecule has 2 aromatic rings. The Balaban J connectivity index is 2.29. The summed E-state index contributed by atoms with van der Waals surface area (Å²) in [6.07, 6.45) is 0. The second kappa shape index (κ2) is 6.68. The molecule has 1 amide bonds. The quantitative estimate of drug-likeness (QED) is 0.502. The Kier molecular flexibility index (Phi) is 4.70. The van der Waals surface area contributed by atoms with Crippen LogP contribution in [0, 0.1) is 10.1 Å². The first kappa shape index (κ1) is 15.5. The van der Waals surface area contributed by atoms with E-state index in [0.717, 1.165) is 18.2 Å². The minimum Gasteiger partial charge on any atom is -0.506 e. The Bertz CT molecular complexity index is 715. The maximum absolute atomic E-state index is 12.3. The lowest BCUT2D eigenvalue weighted by Crippen LogP contribution is -2.14. The van der Waals surface area contributed by atoms with Crippen molar-refractivity contribution >= 4 is 17.3 Å². The van der Waals surface area contributed by atoms with Crippen molar-refractivity contribution in [2.24, 2.45) is 0 Å². The lowest BCUT2D eigenvalue weighted by molar-refractivity contribution is -0.384. The van der Waals surface area contributed by atoms with Crippen molar-refractivity contribution in [3.8, 4) is 5.75 Å². The molecule has 0 spiro atoms. The Morgan fingerprint density at radius 2 is 2.05 bits per heavy atom. The molecule has 0 aliphatic carbocycles. The number of non-ortho nitro benzene ring substituents is 1. The molecule has 0 heterocycles. The van der Waals surface area contributed by atoms with E-state index in [4.69, 9.17) is 4.74 Å². The summed E-state index contributed by atoms with van der Waals surface area (Å²) >= 11 is 0. The van der Waals surface area contributed by atoms with Crippen molar-refractivity contribution in [1.82, 2.24) is 0 Å². The summed E-state index contributed by atoms with van der Waals surface area (Å²) in [5.74, 6) is -0.730. The number of hydrogen-bond acceptors (Lipinski definition) is 5. The molecule has 0 atom stereocenters.